The standard InChI is InChI=1S/C29H31ClN4O2/c1-33(20-22-10-4-2-5-11-22)28(35)21-34-26-13-8-7-12-25(26)32-27(34)14-6-3-9-19-31-29(36)23-15-17-24(30)18-16-23/h2,4-5,7-8,10-13,15-18H,3,6,9,14,19-21H2,1H3,(H,31,36). The third kappa shape index (κ3) is 6.73. The molecular weight excluding hydrogens is 472 g/mol. The average molecular weight is 503 g/mol. The fraction of sp³-hybridized carbons (Fsp3) is 0.276. The first kappa shape index (κ1) is 25.5. The smallest absolute Gasteiger partial charge is 0.251 e. The third-order valence-corrected chi connectivity index (χ3v) is 6.44. The van der Waals surface area contributed by atoms with Gasteiger partial charge in [-0.15, -0.1) is 0 Å². The lowest BCUT2D eigenvalue weighted by molar-refractivity contribution is -0.131. The molecule has 4 aromatic rings. The van der Waals surface area contributed by atoms with Crippen LogP contribution in [0.25, 0.3) is 11.0 Å². The van der Waals surface area contributed by atoms with Gasteiger partial charge in [-0.25, -0.2) is 4.98 Å². The zero-order chi connectivity index (χ0) is 25.3. The first-order valence-corrected chi connectivity index (χ1v) is 12.6. The van der Waals surface area contributed by atoms with Crippen molar-refractivity contribution in [1.29, 1.82) is 0 Å². The molecule has 0 aliphatic heterocycles. The van der Waals surface area contributed by atoms with Gasteiger partial charge in [-0.1, -0.05) is 60.5 Å². The van der Waals surface area contributed by atoms with Gasteiger partial charge in [0.05, 0.1) is 11.0 Å². The molecule has 3 aromatic carbocycles. The molecular formula is C29H31ClN4O2. The fourth-order valence-corrected chi connectivity index (χ4v) is 4.31. The van der Waals surface area contributed by atoms with Gasteiger partial charge in [-0.2, -0.15) is 0 Å². The zero-order valence-electron chi connectivity index (χ0n) is 20.5. The van der Waals surface area contributed by atoms with Crippen molar-refractivity contribution in [3.63, 3.8) is 0 Å². The predicted octanol–water partition coefficient (Wildman–Crippen LogP) is 5.49. The minimum absolute atomic E-state index is 0.0492. The second kappa shape index (κ2) is 12.4. The van der Waals surface area contributed by atoms with E-state index in [0.29, 0.717) is 23.7 Å². The van der Waals surface area contributed by atoms with Crippen molar-refractivity contribution < 1.29 is 9.59 Å². The topological polar surface area (TPSA) is 67.2 Å². The molecule has 6 nitrogen and oxygen atoms in total. The van der Waals surface area contributed by atoms with E-state index in [1.165, 1.54) is 0 Å². The summed E-state index contributed by atoms with van der Waals surface area (Å²) in [6, 6.07) is 24.8. The van der Waals surface area contributed by atoms with Gasteiger partial charge in [-0.3, -0.25) is 9.59 Å². The Hall–Kier alpha value is -3.64. The normalized spacial score (nSPS) is 10.9. The highest BCUT2D eigenvalue weighted by atomic mass is 35.5. The minimum Gasteiger partial charge on any atom is -0.352 e. The fourth-order valence-electron chi connectivity index (χ4n) is 4.18. The van der Waals surface area contributed by atoms with Gasteiger partial charge in [0.1, 0.15) is 12.4 Å². The van der Waals surface area contributed by atoms with Crippen LogP contribution in [0.5, 0.6) is 0 Å². The van der Waals surface area contributed by atoms with Gasteiger partial charge >= 0.3 is 0 Å². The second-order valence-corrected chi connectivity index (χ2v) is 9.35. The highest BCUT2D eigenvalue weighted by Crippen LogP contribution is 2.18. The lowest BCUT2D eigenvalue weighted by atomic mass is 10.1. The first-order valence-electron chi connectivity index (χ1n) is 12.3. The van der Waals surface area contributed by atoms with Crippen molar-refractivity contribution >= 4 is 34.4 Å². The molecule has 0 saturated heterocycles. The Morgan fingerprint density at radius 2 is 1.64 bits per heavy atom. The molecule has 7 heteroatoms. The molecule has 0 fully saturated rings. The van der Waals surface area contributed by atoms with Gasteiger partial charge in [0.2, 0.25) is 5.91 Å². The number of rotatable bonds is 11. The van der Waals surface area contributed by atoms with E-state index < -0.39 is 0 Å². The molecule has 0 atom stereocenters. The molecule has 0 unspecified atom stereocenters. The van der Waals surface area contributed by atoms with Gasteiger partial charge in [0, 0.05) is 37.1 Å². The lowest BCUT2D eigenvalue weighted by Gasteiger charge is -2.19. The Balaban J connectivity index is 1.30. The first-order chi connectivity index (χ1) is 17.5. The number of hydrogen-bond acceptors (Lipinski definition) is 3. The maximum Gasteiger partial charge on any atom is 0.251 e. The van der Waals surface area contributed by atoms with Crippen molar-refractivity contribution in [3.05, 3.63) is 101 Å². The van der Waals surface area contributed by atoms with E-state index in [1.54, 1.807) is 29.2 Å². The Labute approximate surface area is 216 Å². The number of nitrogens with zero attached hydrogens (tertiary/aromatic N) is 3. The summed E-state index contributed by atoms with van der Waals surface area (Å²) in [5, 5.41) is 3.57. The number of benzene rings is 3. The van der Waals surface area contributed by atoms with Crippen LogP contribution in [0.4, 0.5) is 0 Å². The lowest BCUT2D eigenvalue weighted by Crippen LogP contribution is -2.30. The molecule has 36 heavy (non-hydrogen) atoms. The number of imidazole rings is 1. The van der Waals surface area contributed by atoms with Crippen LogP contribution in [0.3, 0.4) is 0 Å². The number of carbonyl (C=O) groups excluding carboxylic acids is 2. The van der Waals surface area contributed by atoms with E-state index in [2.05, 4.69) is 5.32 Å². The highest BCUT2D eigenvalue weighted by molar-refractivity contribution is 6.30. The van der Waals surface area contributed by atoms with E-state index in [0.717, 1.165) is 48.1 Å². The Kier molecular flexibility index (Phi) is 8.74. The maximum atomic E-state index is 13.1. The average Bonchev–Trinajstić information content (AvgIpc) is 3.24. The number of likely N-dealkylation sites (N-methyl/N-ethyl adjacent to an activating group) is 1. The number of aromatic nitrogens is 2. The van der Waals surface area contributed by atoms with E-state index in [9.17, 15) is 9.59 Å². The molecule has 0 spiro atoms. The summed E-state index contributed by atoms with van der Waals surface area (Å²) in [4.78, 5) is 31.9. The van der Waals surface area contributed by atoms with E-state index in [4.69, 9.17) is 16.6 Å². The number of nitrogens with one attached hydrogen (secondary N) is 1. The summed E-state index contributed by atoms with van der Waals surface area (Å²) < 4.78 is 2.04. The molecule has 186 valence electrons. The largest absolute Gasteiger partial charge is 0.352 e. The Morgan fingerprint density at radius 1 is 0.917 bits per heavy atom. The molecule has 1 aromatic heterocycles. The van der Waals surface area contributed by atoms with Gasteiger partial charge < -0.3 is 14.8 Å². The van der Waals surface area contributed by atoms with Crippen LogP contribution in [-0.4, -0.2) is 39.9 Å². The van der Waals surface area contributed by atoms with Crippen LogP contribution >= 0.6 is 11.6 Å². The van der Waals surface area contributed by atoms with E-state index >= 15 is 0 Å². The monoisotopic (exact) mass is 502 g/mol. The van der Waals surface area contributed by atoms with Crippen molar-refractivity contribution in [2.24, 2.45) is 0 Å². The number of halogens is 1. The molecule has 0 aliphatic rings. The quantitative estimate of drug-likeness (QED) is 0.276. The molecule has 0 aliphatic carbocycles. The zero-order valence-corrected chi connectivity index (χ0v) is 21.2. The Morgan fingerprint density at radius 3 is 2.42 bits per heavy atom. The molecule has 1 N–H and O–H groups in total. The summed E-state index contributed by atoms with van der Waals surface area (Å²) in [5.41, 5.74) is 3.59. The van der Waals surface area contributed by atoms with Crippen LogP contribution in [0.15, 0.2) is 78.9 Å². The summed E-state index contributed by atoms with van der Waals surface area (Å²) in [5.74, 6) is 0.877. The SMILES string of the molecule is CN(Cc1ccccc1)C(=O)Cn1c(CCCCCNC(=O)c2ccc(Cl)cc2)nc2ccccc21. The summed E-state index contributed by atoms with van der Waals surface area (Å²) in [6.45, 7) is 1.44. The molecule has 0 bridgehead atoms. The number of aryl methyl sites for hydroxylation is 1. The predicted molar refractivity (Wildman–Crippen MR) is 144 cm³/mol. The maximum absolute atomic E-state index is 13.1. The second-order valence-electron chi connectivity index (χ2n) is 8.91. The van der Waals surface area contributed by atoms with Gasteiger partial charge in [0.25, 0.3) is 5.91 Å². The van der Waals surface area contributed by atoms with Crippen molar-refractivity contribution in [1.82, 2.24) is 19.8 Å². The molecule has 4 rings (SSSR count). The number of amides is 2. The van der Waals surface area contributed by atoms with Gasteiger partial charge in [-0.05, 0) is 54.8 Å². The number of carbonyl (C=O) groups is 2. The van der Waals surface area contributed by atoms with E-state index in [-0.39, 0.29) is 18.4 Å². The molecule has 2 amide bonds. The summed E-state index contributed by atoms with van der Waals surface area (Å²) in [6.07, 6.45) is 3.52. The molecule has 0 radical (unpaired) electrons. The van der Waals surface area contributed by atoms with E-state index in [1.807, 2.05) is 66.2 Å². The summed E-state index contributed by atoms with van der Waals surface area (Å²) >= 11 is 5.88. The number of hydrogen-bond donors (Lipinski definition) is 1. The van der Waals surface area contributed by atoms with Gasteiger partial charge in [0.15, 0.2) is 0 Å². The van der Waals surface area contributed by atoms with Crippen LogP contribution in [0.1, 0.15) is 41.0 Å². The third-order valence-electron chi connectivity index (χ3n) is 6.18. The minimum atomic E-state index is -0.0911. The molecule has 1 heterocycles. The number of unbranched alkanes of at least 4 members (excludes halogenated alkanes) is 2. The van der Waals surface area contributed by atoms with Crippen molar-refractivity contribution in [2.45, 2.75) is 38.8 Å². The number of para-hydroxylation sites is 2. The Bertz CT molecular complexity index is 1300. The van der Waals surface area contributed by atoms with Crippen molar-refractivity contribution in [2.75, 3.05) is 13.6 Å². The van der Waals surface area contributed by atoms with Crippen LogP contribution in [0.2, 0.25) is 5.02 Å². The number of fused-ring (bicyclic) bond motifs is 1. The van der Waals surface area contributed by atoms with Crippen molar-refractivity contribution in [3.8, 4) is 0 Å². The molecule has 0 saturated carbocycles. The highest BCUT2D eigenvalue weighted by Gasteiger charge is 2.16. The van der Waals surface area contributed by atoms with Crippen LogP contribution in [-0.2, 0) is 24.3 Å². The van der Waals surface area contributed by atoms with Crippen LogP contribution < -0.4 is 5.32 Å². The van der Waals surface area contributed by atoms with Crippen LogP contribution in [0, 0.1) is 0 Å². The summed E-state index contributed by atoms with van der Waals surface area (Å²) in [7, 11) is 1.84.